The van der Waals surface area contributed by atoms with Crippen LogP contribution in [0.25, 0.3) is 0 Å². The first kappa shape index (κ1) is 31.1. The van der Waals surface area contributed by atoms with Crippen molar-refractivity contribution in [3.8, 4) is 0 Å². The number of unbranched alkanes of at least 4 members (excludes halogenated alkanes) is 13. The van der Waals surface area contributed by atoms with Gasteiger partial charge in [0.15, 0.2) is 0 Å². The van der Waals surface area contributed by atoms with Gasteiger partial charge in [-0.3, -0.25) is 4.57 Å². The Morgan fingerprint density at radius 1 is 0.645 bits per heavy atom. The van der Waals surface area contributed by atoms with Crippen molar-refractivity contribution in [2.24, 2.45) is 0 Å². The van der Waals surface area contributed by atoms with E-state index in [0.29, 0.717) is 13.0 Å². The van der Waals surface area contributed by atoms with Gasteiger partial charge < -0.3 is 18.9 Å². The van der Waals surface area contributed by atoms with E-state index in [4.69, 9.17) is 18.9 Å². The lowest BCUT2D eigenvalue weighted by molar-refractivity contribution is -0.0715. The summed E-state index contributed by atoms with van der Waals surface area (Å²) in [4.78, 5) is 8.75. The molecule has 0 amide bonds. The smallest absolute Gasteiger partial charge is 0.316 e. The standard InChI is InChI=1S/C25H53O5P/c1-4-6-8-10-12-14-16-18-21-28-24(3)25(29-22-19-23-30-31(26)27)20-17-15-13-11-9-7-5-2/h24-25,31H,4-23H2,1-3H3,(H,26,27)/t24-,25?/m0/s1. The Hall–Kier alpha value is 0.0700. The minimum Gasteiger partial charge on any atom is -0.376 e. The first-order chi connectivity index (χ1) is 15.1. The Morgan fingerprint density at radius 3 is 1.68 bits per heavy atom. The minimum atomic E-state index is -2.83. The second kappa shape index (κ2) is 24.7. The highest BCUT2D eigenvalue weighted by Crippen LogP contribution is 2.18. The summed E-state index contributed by atoms with van der Waals surface area (Å²) in [5.41, 5.74) is 0. The van der Waals surface area contributed by atoms with Crippen LogP contribution in [0, 0.1) is 0 Å². The first-order valence-corrected chi connectivity index (χ1v) is 14.5. The normalized spacial score (nSPS) is 14.6. The van der Waals surface area contributed by atoms with Crippen LogP contribution in [0.4, 0.5) is 0 Å². The lowest BCUT2D eigenvalue weighted by atomic mass is 10.0. The molecule has 2 unspecified atom stereocenters. The van der Waals surface area contributed by atoms with Crippen molar-refractivity contribution in [3.63, 3.8) is 0 Å². The molecule has 0 aromatic carbocycles. The molecule has 0 bridgehead atoms. The number of hydrogen-bond acceptors (Lipinski definition) is 4. The summed E-state index contributed by atoms with van der Waals surface area (Å²) in [6, 6.07) is 0. The van der Waals surface area contributed by atoms with Gasteiger partial charge in [-0.1, -0.05) is 104 Å². The Labute approximate surface area is 194 Å². The lowest BCUT2D eigenvalue weighted by Crippen LogP contribution is -2.30. The predicted molar refractivity (Wildman–Crippen MR) is 132 cm³/mol. The average Bonchev–Trinajstić information content (AvgIpc) is 2.75. The largest absolute Gasteiger partial charge is 0.376 e. The average molecular weight is 465 g/mol. The third kappa shape index (κ3) is 23.0. The van der Waals surface area contributed by atoms with E-state index in [1.54, 1.807) is 0 Å². The molecule has 3 atom stereocenters. The van der Waals surface area contributed by atoms with Gasteiger partial charge >= 0.3 is 8.25 Å². The Balaban J connectivity index is 4.01. The fraction of sp³-hybridized carbons (Fsp3) is 1.00. The second-order valence-electron chi connectivity index (χ2n) is 8.84. The molecule has 0 aliphatic carbocycles. The SMILES string of the molecule is CCCCCCCCCCO[C@@H](C)C(CCCCCCCCC)OCCCO[PH](=O)O. The van der Waals surface area contributed by atoms with Crippen LogP contribution in [0.5, 0.6) is 0 Å². The van der Waals surface area contributed by atoms with E-state index < -0.39 is 8.25 Å². The highest BCUT2D eigenvalue weighted by atomic mass is 31.1. The maximum atomic E-state index is 10.6. The van der Waals surface area contributed by atoms with Crippen molar-refractivity contribution < 1.29 is 23.5 Å². The van der Waals surface area contributed by atoms with Gasteiger partial charge in [0, 0.05) is 13.2 Å². The van der Waals surface area contributed by atoms with E-state index in [1.807, 2.05) is 0 Å². The molecule has 31 heavy (non-hydrogen) atoms. The van der Waals surface area contributed by atoms with Crippen LogP contribution in [-0.4, -0.2) is 36.9 Å². The molecule has 5 nitrogen and oxygen atoms in total. The molecule has 6 heteroatoms. The van der Waals surface area contributed by atoms with Gasteiger partial charge in [-0.15, -0.1) is 0 Å². The van der Waals surface area contributed by atoms with Gasteiger partial charge in [0.1, 0.15) is 0 Å². The molecule has 188 valence electrons. The summed E-state index contributed by atoms with van der Waals surface area (Å²) >= 11 is 0. The number of hydrogen-bond donors (Lipinski definition) is 1. The van der Waals surface area contributed by atoms with Crippen LogP contribution >= 0.6 is 8.25 Å². The Bertz CT molecular complexity index is 381. The van der Waals surface area contributed by atoms with Crippen molar-refractivity contribution in [1.82, 2.24) is 0 Å². The van der Waals surface area contributed by atoms with Gasteiger partial charge in [-0.05, 0) is 26.2 Å². The zero-order valence-corrected chi connectivity index (χ0v) is 21.9. The molecule has 0 spiro atoms. The maximum Gasteiger partial charge on any atom is 0.316 e. The van der Waals surface area contributed by atoms with Crippen LogP contribution in [-0.2, 0) is 18.6 Å². The third-order valence-corrected chi connectivity index (χ3v) is 6.29. The van der Waals surface area contributed by atoms with E-state index >= 15 is 0 Å². The van der Waals surface area contributed by atoms with Crippen molar-refractivity contribution in [2.75, 3.05) is 19.8 Å². The van der Waals surface area contributed by atoms with E-state index in [2.05, 4.69) is 20.8 Å². The molecular weight excluding hydrogens is 411 g/mol. The predicted octanol–water partition coefficient (Wildman–Crippen LogP) is 7.85. The van der Waals surface area contributed by atoms with Crippen LogP contribution in [0.1, 0.15) is 130 Å². The van der Waals surface area contributed by atoms with Gasteiger partial charge in [0.25, 0.3) is 0 Å². The fourth-order valence-electron chi connectivity index (χ4n) is 3.82. The van der Waals surface area contributed by atoms with Crippen molar-refractivity contribution in [1.29, 1.82) is 0 Å². The molecule has 0 saturated carbocycles. The molecule has 0 aromatic heterocycles. The summed E-state index contributed by atoms with van der Waals surface area (Å²) < 4.78 is 27.6. The van der Waals surface area contributed by atoms with Gasteiger partial charge in [-0.2, -0.15) is 0 Å². The van der Waals surface area contributed by atoms with Crippen molar-refractivity contribution in [3.05, 3.63) is 0 Å². The van der Waals surface area contributed by atoms with Crippen molar-refractivity contribution >= 4 is 8.25 Å². The minimum absolute atomic E-state index is 0.0857. The molecular formula is C25H53O5P. The summed E-state index contributed by atoms with van der Waals surface area (Å²) in [6.07, 6.45) is 21.3. The number of ether oxygens (including phenoxy) is 2. The molecule has 0 radical (unpaired) electrons. The van der Waals surface area contributed by atoms with E-state index in [9.17, 15) is 4.57 Å². The molecule has 0 aliphatic heterocycles. The summed E-state index contributed by atoms with van der Waals surface area (Å²) in [6.45, 7) is 8.26. The highest BCUT2D eigenvalue weighted by molar-refractivity contribution is 7.32. The molecule has 1 N–H and O–H groups in total. The second-order valence-corrected chi connectivity index (χ2v) is 9.66. The zero-order chi connectivity index (χ0) is 23.0. The van der Waals surface area contributed by atoms with Crippen molar-refractivity contribution in [2.45, 2.75) is 142 Å². The Kier molecular flexibility index (Phi) is 24.8. The van der Waals surface area contributed by atoms with Gasteiger partial charge in [0.2, 0.25) is 0 Å². The van der Waals surface area contributed by atoms with Crippen LogP contribution < -0.4 is 0 Å². The number of rotatable bonds is 25. The van der Waals surface area contributed by atoms with E-state index in [1.165, 1.54) is 89.9 Å². The first-order valence-electron chi connectivity index (χ1n) is 13.2. The summed E-state index contributed by atoms with van der Waals surface area (Å²) in [5.74, 6) is 0. The van der Waals surface area contributed by atoms with Crippen LogP contribution in [0.15, 0.2) is 0 Å². The molecule has 0 heterocycles. The molecule has 0 saturated heterocycles. The highest BCUT2D eigenvalue weighted by Gasteiger charge is 2.18. The fourth-order valence-corrected chi connectivity index (χ4v) is 4.14. The summed E-state index contributed by atoms with van der Waals surface area (Å²) in [7, 11) is -2.83. The van der Waals surface area contributed by atoms with Gasteiger partial charge in [-0.25, -0.2) is 0 Å². The maximum absolute atomic E-state index is 10.6. The van der Waals surface area contributed by atoms with Crippen LogP contribution in [0.3, 0.4) is 0 Å². The van der Waals surface area contributed by atoms with Crippen LogP contribution in [0.2, 0.25) is 0 Å². The third-order valence-electron chi connectivity index (χ3n) is 5.84. The molecule has 0 rings (SSSR count). The zero-order valence-electron chi connectivity index (χ0n) is 20.9. The van der Waals surface area contributed by atoms with E-state index in [0.717, 1.165) is 19.4 Å². The molecule has 0 aliphatic rings. The van der Waals surface area contributed by atoms with E-state index in [-0.39, 0.29) is 18.8 Å². The monoisotopic (exact) mass is 464 g/mol. The molecule has 0 fully saturated rings. The Morgan fingerprint density at radius 2 is 1.13 bits per heavy atom. The quantitative estimate of drug-likeness (QED) is 0.110. The van der Waals surface area contributed by atoms with Gasteiger partial charge in [0.05, 0.1) is 18.8 Å². The summed E-state index contributed by atoms with van der Waals surface area (Å²) in [5, 5.41) is 0. The topological polar surface area (TPSA) is 65.0 Å². The molecule has 0 aromatic rings. The lowest BCUT2D eigenvalue weighted by Gasteiger charge is -2.25.